The second-order valence-electron chi connectivity index (χ2n) is 7.19. The van der Waals surface area contributed by atoms with Crippen LogP contribution in [0.5, 0.6) is 0 Å². The zero-order chi connectivity index (χ0) is 20.9. The van der Waals surface area contributed by atoms with Gasteiger partial charge in [-0.25, -0.2) is 15.1 Å². The molecule has 0 radical (unpaired) electrons. The monoisotopic (exact) mass is 416 g/mol. The molecule has 0 atom stereocenters. The molecule has 2 aromatic heterocycles. The lowest BCUT2D eigenvalue weighted by molar-refractivity contribution is -0.121. The Morgan fingerprint density at radius 2 is 2.24 bits per heavy atom. The predicted octanol–water partition coefficient (Wildman–Crippen LogP) is 1.48. The van der Waals surface area contributed by atoms with E-state index in [9.17, 15) is 4.79 Å². The molecule has 1 amide bonds. The molecule has 0 fully saturated rings. The fraction of sp³-hybridized carbons (Fsp3) is 0.368. The minimum atomic E-state index is -0.505. The highest BCUT2D eigenvalue weighted by molar-refractivity contribution is 6.31. The van der Waals surface area contributed by atoms with Gasteiger partial charge in [0.05, 0.1) is 40.9 Å². The van der Waals surface area contributed by atoms with E-state index in [2.05, 4.69) is 25.8 Å². The largest absolute Gasteiger partial charge is 0.352 e. The normalized spacial score (nSPS) is 14.1. The van der Waals surface area contributed by atoms with Gasteiger partial charge in [-0.15, -0.1) is 0 Å². The maximum Gasteiger partial charge on any atom is 0.221 e. The number of hydrogen-bond donors (Lipinski definition) is 3. The Labute approximate surface area is 174 Å². The van der Waals surface area contributed by atoms with E-state index in [1.807, 2.05) is 31.1 Å². The molecule has 0 saturated carbocycles. The number of rotatable bonds is 8. The van der Waals surface area contributed by atoms with Crippen LogP contribution >= 0.6 is 11.6 Å². The van der Waals surface area contributed by atoms with E-state index in [1.54, 1.807) is 35.7 Å². The SMILES string of the molecule is CC(C)(NN1C=NC=C(n2cc(CNC(=O)CCN)cn2)C1)c1ncccc1Cl. The molecule has 10 heteroatoms. The van der Waals surface area contributed by atoms with Crippen LogP contribution in [0.15, 0.2) is 41.9 Å². The molecule has 154 valence electrons. The van der Waals surface area contributed by atoms with Crippen molar-refractivity contribution >= 4 is 29.5 Å². The van der Waals surface area contributed by atoms with Gasteiger partial charge < -0.3 is 11.1 Å². The van der Waals surface area contributed by atoms with Crippen molar-refractivity contribution in [3.63, 3.8) is 0 Å². The highest BCUT2D eigenvalue weighted by Crippen LogP contribution is 2.26. The average Bonchev–Trinajstić information content (AvgIpc) is 3.16. The minimum absolute atomic E-state index is 0.0764. The van der Waals surface area contributed by atoms with E-state index in [1.165, 1.54) is 0 Å². The number of aliphatic imine (C=N–C) groups is 1. The van der Waals surface area contributed by atoms with E-state index in [-0.39, 0.29) is 5.91 Å². The van der Waals surface area contributed by atoms with Gasteiger partial charge in [-0.2, -0.15) is 5.10 Å². The standard InChI is InChI=1S/C19H25ClN8O/c1-19(2,18-16(20)4-3-7-23-18)26-27-12-15(10-22-13-27)28-11-14(9-25-28)8-24-17(29)5-6-21/h3-4,7,9-11,13,26H,5-6,8,12,21H2,1-2H3,(H,24,29). The molecule has 0 spiro atoms. The number of carbonyl (C=O) groups excluding carboxylic acids is 1. The van der Waals surface area contributed by atoms with Gasteiger partial charge in [-0.3, -0.25) is 14.8 Å². The minimum Gasteiger partial charge on any atom is -0.352 e. The first-order valence-corrected chi connectivity index (χ1v) is 9.65. The third-order valence-electron chi connectivity index (χ3n) is 4.33. The molecule has 0 bridgehead atoms. The molecule has 29 heavy (non-hydrogen) atoms. The molecular weight excluding hydrogens is 392 g/mol. The summed E-state index contributed by atoms with van der Waals surface area (Å²) in [5.41, 5.74) is 10.8. The number of amides is 1. The van der Waals surface area contributed by atoms with Crippen molar-refractivity contribution in [2.24, 2.45) is 10.7 Å². The molecule has 0 aliphatic carbocycles. The van der Waals surface area contributed by atoms with Gasteiger partial charge in [0.1, 0.15) is 6.34 Å². The number of pyridine rings is 1. The fourth-order valence-corrected chi connectivity index (χ4v) is 3.30. The van der Waals surface area contributed by atoms with Crippen molar-refractivity contribution in [2.45, 2.75) is 32.4 Å². The van der Waals surface area contributed by atoms with Crippen LogP contribution in [0, 0.1) is 0 Å². The lowest BCUT2D eigenvalue weighted by atomic mass is 10.0. The Morgan fingerprint density at radius 3 is 3.00 bits per heavy atom. The predicted molar refractivity (Wildman–Crippen MR) is 113 cm³/mol. The van der Waals surface area contributed by atoms with Gasteiger partial charge in [-0.1, -0.05) is 11.6 Å². The van der Waals surface area contributed by atoms with Crippen LogP contribution in [0.3, 0.4) is 0 Å². The Kier molecular flexibility index (Phi) is 6.63. The van der Waals surface area contributed by atoms with Gasteiger partial charge in [0.2, 0.25) is 5.91 Å². The Hall–Kier alpha value is -2.75. The summed E-state index contributed by atoms with van der Waals surface area (Å²) < 4.78 is 1.75. The van der Waals surface area contributed by atoms with Crippen LogP contribution in [0.4, 0.5) is 0 Å². The fourth-order valence-electron chi connectivity index (χ4n) is 2.94. The first-order valence-electron chi connectivity index (χ1n) is 9.27. The molecule has 0 unspecified atom stereocenters. The molecular formula is C19H25ClN8O. The number of nitrogens with two attached hydrogens (primary N) is 1. The van der Waals surface area contributed by atoms with Gasteiger partial charge in [-0.05, 0) is 26.0 Å². The van der Waals surface area contributed by atoms with Gasteiger partial charge in [0, 0.05) is 37.5 Å². The van der Waals surface area contributed by atoms with Crippen molar-refractivity contribution in [3.8, 4) is 0 Å². The van der Waals surface area contributed by atoms with Gasteiger partial charge in [0.25, 0.3) is 0 Å². The second-order valence-corrected chi connectivity index (χ2v) is 7.60. The number of carbonyl (C=O) groups is 1. The average molecular weight is 417 g/mol. The topological polar surface area (TPSA) is 113 Å². The Balaban J connectivity index is 1.63. The van der Waals surface area contributed by atoms with Crippen LogP contribution in [0.2, 0.25) is 5.02 Å². The molecule has 9 nitrogen and oxygen atoms in total. The highest BCUT2D eigenvalue weighted by Gasteiger charge is 2.27. The quantitative estimate of drug-likeness (QED) is 0.600. The number of aromatic nitrogens is 3. The van der Waals surface area contributed by atoms with Crippen molar-refractivity contribution in [2.75, 3.05) is 13.1 Å². The third-order valence-corrected chi connectivity index (χ3v) is 4.63. The van der Waals surface area contributed by atoms with Crippen LogP contribution in [-0.4, -0.2) is 45.1 Å². The molecule has 0 saturated heterocycles. The van der Waals surface area contributed by atoms with Crippen molar-refractivity contribution in [1.29, 1.82) is 0 Å². The smallest absolute Gasteiger partial charge is 0.221 e. The third kappa shape index (κ3) is 5.41. The van der Waals surface area contributed by atoms with Crippen LogP contribution in [0.25, 0.3) is 5.70 Å². The zero-order valence-electron chi connectivity index (χ0n) is 16.5. The summed E-state index contributed by atoms with van der Waals surface area (Å²) in [6.07, 6.45) is 9.08. The van der Waals surface area contributed by atoms with E-state index >= 15 is 0 Å². The van der Waals surface area contributed by atoms with Crippen LogP contribution < -0.4 is 16.5 Å². The molecule has 0 aromatic carbocycles. The number of halogens is 1. The Bertz CT molecular complexity index is 920. The zero-order valence-corrected chi connectivity index (χ0v) is 17.2. The molecule has 3 heterocycles. The summed E-state index contributed by atoms with van der Waals surface area (Å²) in [4.78, 5) is 20.3. The molecule has 2 aromatic rings. The van der Waals surface area contributed by atoms with Gasteiger partial charge in [0.15, 0.2) is 0 Å². The number of hydrogen-bond acceptors (Lipinski definition) is 7. The van der Waals surface area contributed by atoms with E-state index in [0.29, 0.717) is 31.1 Å². The van der Waals surface area contributed by atoms with E-state index in [0.717, 1.165) is 17.0 Å². The first kappa shape index (κ1) is 21.0. The summed E-state index contributed by atoms with van der Waals surface area (Å²) in [7, 11) is 0. The summed E-state index contributed by atoms with van der Waals surface area (Å²) in [6.45, 7) is 5.28. The summed E-state index contributed by atoms with van der Waals surface area (Å²) >= 11 is 6.31. The molecule has 4 N–H and O–H groups in total. The van der Waals surface area contributed by atoms with E-state index in [4.69, 9.17) is 17.3 Å². The maximum absolute atomic E-state index is 11.6. The Morgan fingerprint density at radius 1 is 1.41 bits per heavy atom. The lowest BCUT2D eigenvalue weighted by Gasteiger charge is -2.34. The summed E-state index contributed by atoms with van der Waals surface area (Å²) in [5, 5.41) is 9.66. The molecule has 1 aliphatic rings. The second kappa shape index (κ2) is 9.17. The van der Waals surface area contributed by atoms with Gasteiger partial charge >= 0.3 is 0 Å². The van der Waals surface area contributed by atoms with Crippen LogP contribution in [0.1, 0.15) is 31.5 Å². The number of nitrogens with zero attached hydrogens (tertiary/aromatic N) is 5. The van der Waals surface area contributed by atoms with Crippen molar-refractivity contribution in [1.82, 2.24) is 30.5 Å². The van der Waals surface area contributed by atoms with E-state index < -0.39 is 5.54 Å². The first-order chi connectivity index (χ1) is 13.9. The van der Waals surface area contributed by atoms with Crippen LogP contribution in [-0.2, 0) is 16.9 Å². The van der Waals surface area contributed by atoms with Crippen molar-refractivity contribution in [3.05, 3.63) is 53.2 Å². The summed E-state index contributed by atoms with van der Waals surface area (Å²) in [6, 6.07) is 3.62. The number of hydrazine groups is 1. The lowest BCUT2D eigenvalue weighted by Crippen LogP contribution is -2.50. The van der Waals surface area contributed by atoms with Crippen molar-refractivity contribution < 1.29 is 4.79 Å². The maximum atomic E-state index is 11.6. The number of nitrogens with one attached hydrogen (secondary N) is 2. The summed E-state index contributed by atoms with van der Waals surface area (Å²) in [5.74, 6) is -0.0764. The molecule has 1 aliphatic heterocycles. The highest BCUT2D eigenvalue weighted by atomic mass is 35.5. The molecule has 3 rings (SSSR count).